The van der Waals surface area contributed by atoms with Crippen LogP contribution in [0.5, 0.6) is 0 Å². The van der Waals surface area contributed by atoms with Gasteiger partial charge in [-0.1, -0.05) is 42.0 Å². The molecule has 0 radical (unpaired) electrons. The topological polar surface area (TPSA) is 68.5 Å². The third kappa shape index (κ3) is 4.35. The van der Waals surface area contributed by atoms with Gasteiger partial charge in [-0.15, -0.1) is 0 Å². The number of thiazole rings is 1. The molecule has 0 aliphatic rings. The molecule has 0 fully saturated rings. The standard InChI is InChI=1S/C19H19ClN2O3S3/c1-3-28(24,25)17-7-5-4-6-14(17)18(23)21-19-22(10-11-26-2)15-9-8-13(20)12-16(15)27-19/h4-9,12H,3,10-11H2,1-2H3. The van der Waals surface area contributed by atoms with Crippen molar-refractivity contribution in [2.75, 3.05) is 17.8 Å². The zero-order valence-electron chi connectivity index (χ0n) is 15.4. The lowest BCUT2D eigenvalue weighted by Crippen LogP contribution is -2.19. The van der Waals surface area contributed by atoms with Gasteiger partial charge in [0.2, 0.25) is 0 Å². The lowest BCUT2D eigenvalue weighted by molar-refractivity contribution is 0.0994. The van der Waals surface area contributed by atoms with Crippen LogP contribution in [0.25, 0.3) is 10.2 Å². The number of carbonyl (C=O) groups excluding carboxylic acids is 1. The van der Waals surface area contributed by atoms with Gasteiger partial charge in [0.05, 0.1) is 26.4 Å². The smallest absolute Gasteiger partial charge is 0.280 e. The molecule has 1 amide bonds. The number of hydrogen-bond acceptors (Lipinski definition) is 5. The minimum absolute atomic E-state index is 0.0195. The third-order valence-electron chi connectivity index (χ3n) is 4.19. The lowest BCUT2D eigenvalue weighted by Gasteiger charge is -2.06. The summed E-state index contributed by atoms with van der Waals surface area (Å²) in [6.07, 6.45) is 2.01. The number of nitrogens with zero attached hydrogens (tertiary/aromatic N) is 2. The first kappa shape index (κ1) is 21.1. The molecule has 1 aromatic heterocycles. The molecule has 148 valence electrons. The summed E-state index contributed by atoms with van der Waals surface area (Å²) >= 11 is 9.16. The molecule has 3 rings (SSSR count). The zero-order valence-corrected chi connectivity index (χ0v) is 18.6. The highest BCUT2D eigenvalue weighted by Gasteiger charge is 2.20. The van der Waals surface area contributed by atoms with Crippen molar-refractivity contribution in [3.8, 4) is 0 Å². The van der Waals surface area contributed by atoms with Gasteiger partial charge >= 0.3 is 0 Å². The second kappa shape index (κ2) is 8.82. The van der Waals surface area contributed by atoms with E-state index in [1.165, 1.54) is 23.5 Å². The summed E-state index contributed by atoms with van der Waals surface area (Å²) in [5.41, 5.74) is 1.04. The molecule has 28 heavy (non-hydrogen) atoms. The second-order valence-corrected chi connectivity index (χ2v) is 10.6. The Morgan fingerprint density at radius 3 is 2.71 bits per heavy atom. The van der Waals surface area contributed by atoms with Gasteiger partial charge in [-0.3, -0.25) is 4.79 Å². The third-order valence-corrected chi connectivity index (χ3v) is 7.85. The Hall–Kier alpha value is -1.61. The average Bonchev–Trinajstić information content (AvgIpc) is 3.02. The van der Waals surface area contributed by atoms with Crippen molar-refractivity contribution in [1.82, 2.24) is 4.57 Å². The van der Waals surface area contributed by atoms with E-state index in [9.17, 15) is 13.2 Å². The van der Waals surface area contributed by atoms with Gasteiger partial charge in [0, 0.05) is 17.3 Å². The number of thioether (sulfide) groups is 1. The highest BCUT2D eigenvalue weighted by atomic mass is 35.5. The summed E-state index contributed by atoms with van der Waals surface area (Å²) in [5, 5.41) is 0.614. The molecule has 1 heterocycles. The van der Waals surface area contributed by atoms with Crippen LogP contribution in [0.4, 0.5) is 0 Å². The van der Waals surface area contributed by atoms with Gasteiger partial charge in [-0.25, -0.2) is 8.42 Å². The largest absolute Gasteiger partial charge is 0.316 e. The van der Waals surface area contributed by atoms with Crippen LogP contribution in [0, 0.1) is 0 Å². The van der Waals surface area contributed by atoms with Crippen LogP contribution in [-0.4, -0.2) is 36.7 Å². The van der Waals surface area contributed by atoms with E-state index in [1.807, 2.05) is 23.0 Å². The van der Waals surface area contributed by atoms with E-state index in [1.54, 1.807) is 36.9 Å². The van der Waals surface area contributed by atoms with E-state index in [4.69, 9.17) is 11.6 Å². The van der Waals surface area contributed by atoms with E-state index in [-0.39, 0.29) is 16.2 Å². The van der Waals surface area contributed by atoms with Gasteiger partial charge in [-0.05, 0) is 36.6 Å². The van der Waals surface area contributed by atoms with Crippen molar-refractivity contribution < 1.29 is 13.2 Å². The van der Waals surface area contributed by atoms with Gasteiger partial charge in [0.15, 0.2) is 14.6 Å². The number of aryl methyl sites for hydroxylation is 1. The van der Waals surface area contributed by atoms with Crippen LogP contribution in [0.15, 0.2) is 52.4 Å². The monoisotopic (exact) mass is 454 g/mol. The summed E-state index contributed by atoms with van der Waals surface area (Å²) < 4.78 is 27.6. The van der Waals surface area contributed by atoms with Crippen LogP contribution in [0.2, 0.25) is 5.02 Å². The van der Waals surface area contributed by atoms with E-state index < -0.39 is 15.7 Å². The summed E-state index contributed by atoms with van der Waals surface area (Å²) in [4.78, 5) is 17.7. The molecule has 3 aromatic rings. The fourth-order valence-corrected chi connectivity index (χ4v) is 5.53. The predicted molar refractivity (Wildman–Crippen MR) is 117 cm³/mol. The lowest BCUT2D eigenvalue weighted by atomic mass is 10.2. The number of benzene rings is 2. The van der Waals surface area contributed by atoms with Crippen molar-refractivity contribution in [3.05, 3.63) is 57.9 Å². The maximum atomic E-state index is 12.9. The molecule has 0 saturated heterocycles. The molecule has 0 N–H and O–H groups in total. The molecule has 2 aromatic carbocycles. The van der Waals surface area contributed by atoms with Gasteiger partial charge in [0.25, 0.3) is 5.91 Å². The summed E-state index contributed by atoms with van der Waals surface area (Å²) in [5.74, 6) is 0.214. The molecular weight excluding hydrogens is 436 g/mol. The molecule has 0 bridgehead atoms. The van der Waals surface area contributed by atoms with Crippen LogP contribution in [0.3, 0.4) is 0 Å². The number of carbonyl (C=O) groups is 1. The molecule has 0 unspecified atom stereocenters. The first-order valence-corrected chi connectivity index (χ1v) is 12.8. The second-order valence-electron chi connectivity index (χ2n) is 5.96. The van der Waals surface area contributed by atoms with Crippen molar-refractivity contribution in [3.63, 3.8) is 0 Å². The Morgan fingerprint density at radius 1 is 1.25 bits per heavy atom. The maximum Gasteiger partial charge on any atom is 0.280 e. The Morgan fingerprint density at radius 2 is 2.00 bits per heavy atom. The minimum atomic E-state index is -3.53. The van der Waals surface area contributed by atoms with E-state index in [0.717, 1.165) is 16.0 Å². The van der Waals surface area contributed by atoms with E-state index in [2.05, 4.69) is 4.99 Å². The highest BCUT2D eigenvalue weighted by molar-refractivity contribution is 7.98. The molecular formula is C19H19ClN2O3S3. The zero-order chi connectivity index (χ0) is 20.3. The van der Waals surface area contributed by atoms with Gasteiger partial charge in [-0.2, -0.15) is 16.8 Å². The van der Waals surface area contributed by atoms with Crippen LogP contribution < -0.4 is 4.80 Å². The number of halogens is 1. The number of amides is 1. The van der Waals surface area contributed by atoms with E-state index >= 15 is 0 Å². The summed E-state index contributed by atoms with van der Waals surface area (Å²) in [6, 6.07) is 11.8. The number of rotatable bonds is 6. The molecule has 0 atom stereocenters. The normalized spacial score (nSPS) is 12.6. The first-order valence-electron chi connectivity index (χ1n) is 8.56. The van der Waals surface area contributed by atoms with Gasteiger partial charge < -0.3 is 4.57 Å². The summed E-state index contributed by atoms with van der Waals surface area (Å²) in [7, 11) is -3.53. The molecule has 0 spiro atoms. The van der Waals surface area contributed by atoms with Crippen molar-refractivity contribution in [2.45, 2.75) is 18.4 Å². The average molecular weight is 455 g/mol. The van der Waals surface area contributed by atoms with Crippen LogP contribution >= 0.6 is 34.7 Å². The molecule has 5 nitrogen and oxygen atoms in total. The molecule has 9 heteroatoms. The minimum Gasteiger partial charge on any atom is -0.316 e. The number of fused-ring (bicyclic) bond motifs is 1. The van der Waals surface area contributed by atoms with Crippen LogP contribution in [0.1, 0.15) is 17.3 Å². The quantitative estimate of drug-likeness (QED) is 0.558. The fraction of sp³-hybridized carbons (Fsp3) is 0.263. The highest BCUT2D eigenvalue weighted by Crippen LogP contribution is 2.23. The molecule has 0 saturated carbocycles. The van der Waals surface area contributed by atoms with E-state index in [0.29, 0.717) is 16.4 Å². The Bertz CT molecular complexity index is 1200. The Labute approximate surface area is 177 Å². The Balaban J connectivity index is 2.17. The summed E-state index contributed by atoms with van der Waals surface area (Å²) in [6.45, 7) is 2.24. The number of aromatic nitrogens is 1. The number of sulfone groups is 1. The SMILES string of the molecule is CCS(=O)(=O)c1ccccc1C(=O)N=c1sc2cc(Cl)ccc2n1CCSC. The van der Waals surface area contributed by atoms with Gasteiger partial charge in [0.1, 0.15) is 0 Å². The van der Waals surface area contributed by atoms with Crippen molar-refractivity contribution >= 4 is 60.7 Å². The van der Waals surface area contributed by atoms with Crippen LogP contribution in [-0.2, 0) is 16.4 Å². The van der Waals surface area contributed by atoms with Crippen molar-refractivity contribution in [1.29, 1.82) is 0 Å². The first-order chi connectivity index (χ1) is 13.4. The molecule has 0 aliphatic heterocycles. The molecule has 0 aliphatic carbocycles. The maximum absolute atomic E-state index is 12.9. The van der Waals surface area contributed by atoms with Crippen molar-refractivity contribution in [2.24, 2.45) is 4.99 Å². The number of hydrogen-bond donors (Lipinski definition) is 0. The Kier molecular flexibility index (Phi) is 6.65. The predicted octanol–water partition coefficient (Wildman–Crippen LogP) is 4.25. The fourth-order valence-electron chi connectivity index (χ4n) is 2.75.